The third-order valence-corrected chi connectivity index (χ3v) is 4.73. The van der Waals surface area contributed by atoms with Crippen LogP contribution in [0.15, 0.2) is 84.0 Å². The Labute approximate surface area is 183 Å². The molecular weight excluding hydrogens is 406 g/mol. The van der Waals surface area contributed by atoms with E-state index in [4.69, 9.17) is 0 Å². The molecule has 0 saturated heterocycles. The van der Waals surface area contributed by atoms with Crippen molar-refractivity contribution >= 4 is 23.2 Å². The van der Waals surface area contributed by atoms with Crippen LogP contribution in [0.4, 0.5) is 11.4 Å². The van der Waals surface area contributed by atoms with Gasteiger partial charge in [0, 0.05) is 17.8 Å². The van der Waals surface area contributed by atoms with Crippen molar-refractivity contribution in [1.82, 2.24) is 14.8 Å². The summed E-state index contributed by atoms with van der Waals surface area (Å²) in [5.74, 6) is -0.457. The largest absolute Gasteiger partial charge is 0.327 e. The first-order chi connectivity index (χ1) is 15.5. The van der Waals surface area contributed by atoms with Crippen molar-refractivity contribution in [3.63, 3.8) is 0 Å². The maximum atomic E-state index is 12.5. The van der Waals surface area contributed by atoms with Crippen LogP contribution in [-0.4, -0.2) is 26.6 Å². The molecule has 0 aliphatic heterocycles. The Balaban J connectivity index is 1.43. The molecule has 3 N–H and O–H groups in total. The van der Waals surface area contributed by atoms with Crippen molar-refractivity contribution < 1.29 is 9.59 Å². The molecule has 8 heteroatoms. The molecule has 8 nitrogen and oxygen atoms in total. The predicted molar refractivity (Wildman–Crippen MR) is 122 cm³/mol. The molecule has 0 spiro atoms. The van der Waals surface area contributed by atoms with E-state index in [-0.39, 0.29) is 23.8 Å². The molecule has 0 fully saturated rings. The molecule has 0 unspecified atom stereocenters. The molecule has 2 aromatic heterocycles. The SMILES string of the molecule is Cc1cccc(CC(=O)Nc2cnn(-c3cccc(C(=O)Nc4ccc(=O)[nH]c4)c3)c2)c1. The summed E-state index contributed by atoms with van der Waals surface area (Å²) in [4.78, 5) is 38.6. The number of aromatic nitrogens is 3. The number of anilines is 2. The number of amides is 2. The Hall–Kier alpha value is -4.46. The molecule has 0 aliphatic rings. The molecular formula is C24H21N5O3. The van der Waals surface area contributed by atoms with E-state index in [1.165, 1.54) is 18.3 Å². The predicted octanol–water partition coefficient (Wildman–Crippen LogP) is 3.30. The van der Waals surface area contributed by atoms with Crippen molar-refractivity contribution in [1.29, 1.82) is 0 Å². The quantitative estimate of drug-likeness (QED) is 0.439. The average Bonchev–Trinajstić information content (AvgIpc) is 3.24. The highest BCUT2D eigenvalue weighted by atomic mass is 16.2. The summed E-state index contributed by atoms with van der Waals surface area (Å²) in [5, 5.41) is 9.86. The number of pyridine rings is 1. The van der Waals surface area contributed by atoms with Gasteiger partial charge >= 0.3 is 0 Å². The second kappa shape index (κ2) is 9.13. The lowest BCUT2D eigenvalue weighted by molar-refractivity contribution is -0.115. The van der Waals surface area contributed by atoms with Crippen LogP contribution in [0.1, 0.15) is 21.5 Å². The normalized spacial score (nSPS) is 10.5. The highest BCUT2D eigenvalue weighted by molar-refractivity contribution is 6.04. The van der Waals surface area contributed by atoms with E-state index in [2.05, 4.69) is 20.7 Å². The standard InChI is InChI=1S/C24H21N5O3/c1-16-4-2-5-17(10-16)11-23(31)27-20-14-26-29(15-20)21-7-3-6-18(12-21)24(32)28-19-8-9-22(30)25-13-19/h2-10,12-15H,11H2,1H3,(H,25,30)(H,27,31)(H,28,32). The molecule has 0 saturated carbocycles. The van der Waals surface area contributed by atoms with Crippen molar-refractivity contribution in [2.24, 2.45) is 0 Å². The van der Waals surface area contributed by atoms with Crippen molar-refractivity contribution in [2.75, 3.05) is 10.6 Å². The number of H-pyrrole nitrogens is 1. The highest BCUT2D eigenvalue weighted by Gasteiger charge is 2.10. The number of nitrogens with one attached hydrogen (secondary N) is 3. The van der Waals surface area contributed by atoms with Crippen molar-refractivity contribution in [2.45, 2.75) is 13.3 Å². The van der Waals surface area contributed by atoms with Crippen LogP contribution in [0, 0.1) is 6.92 Å². The lowest BCUT2D eigenvalue weighted by Gasteiger charge is -2.07. The number of aromatic amines is 1. The third-order valence-electron chi connectivity index (χ3n) is 4.73. The zero-order valence-electron chi connectivity index (χ0n) is 17.3. The van der Waals surface area contributed by atoms with Crippen LogP contribution in [0.3, 0.4) is 0 Å². The average molecular weight is 427 g/mol. The van der Waals surface area contributed by atoms with Gasteiger partial charge in [0.1, 0.15) is 0 Å². The zero-order chi connectivity index (χ0) is 22.5. The van der Waals surface area contributed by atoms with Crippen molar-refractivity contribution in [3.8, 4) is 5.69 Å². The number of benzene rings is 2. The second-order valence-electron chi connectivity index (χ2n) is 7.33. The van der Waals surface area contributed by atoms with Crippen LogP contribution in [0.25, 0.3) is 5.69 Å². The van der Waals surface area contributed by atoms with Gasteiger partial charge in [-0.25, -0.2) is 4.68 Å². The monoisotopic (exact) mass is 427 g/mol. The van der Waals surface area contributed by atoms with E-state index in [1.54, 1.807) is 35.3 Å². The number of carbonyl (C=O) groups excluding carboxylic acids is 2. The van der Waals surface area contributed by atoms with E-state index in [9.17, 15) is 14.4 Å². The summed E-state index contributed by atoms with van der Waals surface area (Å²) in [6.45, 7) is 1.99. The fraction of sp³-hybridized carbons (Fsp3) is 0.0833. The van der Waals surface area contributed by atoms with Gasteiger partial charge in [-0.3, -0.25) is 14.4 Å². The van der Waals surface area contributed by atoms with Gasteiger partial charge in [-0.05, 0) is 36.8 Å². The number of nitrogens with zero attached hydrogens (tertiary/aromatic N) is 2. The molecule has 2 heterocycles. The van der Waals surface area contributed by atoms with Gasteiger partial charge < -0.3 is 15.6 Å². The molecule has 0 aliphatic carbocycles. The van der Waals surface area contributed by atoms with Crippen LogP contribution in [0.5, 0.6) is 0 Å². The fourth-order valence-electron chi connectivity index (χ4n) is 3.22. The maximum Gasteiger partial charge on any atom is 0.255 e. The molecule has 0 radical (unpaired) electrons. The summed E-state index contributed by atoms with van der Waals surface area (Å²) >= 11 is 0. The molecule has 4 aromatic rings. The van der Waals surface area contributed by atoms with Crippen LogP contribution in [-0.2, 0) is 11.2 Å². The van der Waals surface area contributed by atoms with E-state index >= 15 is 0 Å². The molecule has 2 amide bonds. The smallest absolute Gasteiger partial charge is 0.255 e. The number of aryl methyl sites for hydroxylation is 1. The number of carbonyl (C=O) groups is 2. The third kappa shape index (κ3) is 5.17. The lowest BCUT2D eigenvalue weighted by atomic mass is 10.1. The van der Waals surface area contributed by atoms with Gasteiger partial charge in [0.05, 0.1) is 35.9 Å². The van der Waals surface area contributed by atoms with Gasteiger partial charge in [0.15, 0.2) is 0 Å². The first-order valence-electron chi connectivity index (χ1n) is 9.97. The summed E-state index contributed by atoms with van der Waals surface area (Å²) < 4.78 is 1.58. The topological polar surface area (TPSA) is 109 Å². The van der Waals surface area contributed by atoms with Gasteiger partial charge in [0.25, 0.3) is 5.91 Å². The number of hydrogen-bond donors (Lipinski definition) is 3. The Morgan fingerprint density at radius 2 is 1.84 bits per heavy atom. The van der Waals surface area contributed by atoms with Gasteiger partial charge in [0.2, 0.25) is 11.5 Å². The van der Waals surface area contributed by atoms with E-state index in [1.807, 2.05) is 37.3 Å². The lowest BCUT2D eigenvalue weighted by Crippen LogP contribution is -2.14. The minimum Gasteiger partial charge on any atom is -0.327 e. The molecule has 32 heavy (non-hydrogen) atoms. The summed E-state index contributed by atoms with van der Waals surface area (Å²) in [5.41, 5.74) is 3.94. The first kappa shape index (κ1) is 20.8. The Morgan fingerprint density at radius 3 is 2.62 bits per heavy atom. The summed E-state index contributed by atoms with van der Waals surface area (Å²) in [6.07, 6.45) is 4.95. The van der Waals surface area contributed by atoms with Crippen molar-refractivity contribution in [3.05, 3.63) is 106 Å². The molecule has 160 valence electrons. The van der Waals surface area contributed by atoms with Gasteiger partial charge in [-0.15, -0.1) is 0 Å². The molecule has 2 aromatic carbocycles. The Morgan fingerprint density at radius 1 is 1.00 bits per heavy atom. The second-order valence-corrected chi connectivity index (χ2v) is 7.33. The van der Waals surface area contributed by atoms with Gasteiger partial charge in [-0.1, -0.05) is 35.9 Å². The minimum atomic E-state index is -0.322. The zero-order valence-corrected chi connectivity index (χ0v) is 17.3. The summed E-state index contributed by atoms with van der Waals surface area (Å²) in [7, 11) is 0. The molecule has 4 rings (SSSR count). The number of hydrogen-bond acceptors (Lipinski definition) is 4. The first-order valence-corrected chi connectivity index (χ1v) is 9.97. The Bertz CT molecular complexity index is 1320. The van der Waals surface area contributed by atoms with Crippen LogP contribution in [0.2, 0.25) is 0 Å². The van der Waals surface area contributed by atoms with Crippen LogP contribution >= 0.6 is 0 Å². The molecule has 0 atom stereocenters. The number of rotatable bonds is 6. The van der Waals surface area contributed by atoms with E-state index in [0.717, 1.165) is 11.1 Å². The van der Waals surface area contributed by atoms with E-state index < -0.39 is 0 Å². The minimum absolute atomic E-state index is 0.135. The maximum absolute atomic E-state index is 12.5. The molecule has 0 bridgehead atoms. The van der Waals surface area contributed by atoms with Crippen LogP contribution < -0.4 is 16.2 Å². The fourth-order valence-corrected chi connectivity index (χ4v) is 3.22. The summed E-state index contributed by atoms with van der Waals surface area (Å²) in [6, 6.07) is 17.6. The Kier molecular flexibility index (Phi) is 5.94. The highest BCUT2D eigenvalue weighted by Crippen LogP contribution is 2.15. The van der Waals surface area contributed by atoms with E-state index in [0.29, 0.717) is 22.6 Å². The van der Waals surface area contributed by atoms with Gasteiger partial charge in [-0.2, -0.15) is 5.10 Å².